The maximum absolute atomic E-state index is 12.9. The Kier molecular flexibility index (Phi) is 5.67. The third-order valence-electron chi connectivity index (χ3n) is 4.74. The minimum atomic E-state index is -4.43. The third kappa shape index (κ3) is 4.68. The van der Waals surface area contributed by atoms with Crippen LogP contribution in [0.25, 0.3) is 0 Å². The summed E-state index contributed by atoms with van der Waals surface area (Å²) in [6.45, 7) is 0.662. The number of alkyl halides is 3. The van der Waals surface area contributed by atoms with Crippen molar-refractivity contribution in [2.24, 2.45) is 5.92 Å². The normalized spacial score (nSPS) is 17.1. The van der Waals surface area contributed by atoms with Gasteiger partial charge in [0, 0.05) is 45.5 Å². The molecular formula is C20H20F3N3O2. The number of amides is 2. The Bertz CT molecular complexity index is 855. The van der Waals surface area contributed by atoms with Gasteiger partial charge in [0.05, 0.1) is 11.5 Å². The Morgan fingerprint density at radius 3 is 2.61 bits per heavy atom. The first-order chi connectivity index (χ1) is 13.2. The molecule has 28 heavy (non-hydrogen) atoms. The summed E-state index contributed by atoms with van der Waals surface area (Å²) >= 11 is 0. The van der Waals surface area contributed by atoms with Crippen LogP contribution < -0.4 is 0 Å². The lowest BCUT2D eigenvalue weighted by Crippen LogP contribution is -2.34. The van der Waals surface area contributed by atoms with E-state index in [1.54, 1.807) is 30.4 Å². The van der Waals surface area contributed by atoms with Gasteiger partial charge in [-0.3, -0.25) is 14.6 Å². The molecule has 2 amide bonds. The van der Waals surface area contributed by atoms with E-state index in [4.69, 9.17) is 0 Å². The number of nitrogens with zero attached hydrogens (tertiary/aromatic N) is 3. The fourth-order valence-electron chi connectivity index (χ4n) is 3.31. The molecule has 0 aliphatic carbocycles. The lowest BCUT2D eigenvalue weighted by Gasteiger charge is -2.21. The van der Waals surface area contributed by atoms with Crippen molar-refractivity contribution in [2.45, 2.75) is 25.7 Å². The zero-order chi connectivity index (χ0) is 20.3. The molecule has 1 unspecified atom stereocenters. The van der Waals surface area contributed by atoms with Crippen molar-refractivity contribution in [2.75, 3.05) is 13.6 Å². The summed E-state index contributed by atoms with van der Waals surface area (Å²) in [5, 5.41) is 0. The Morgan fingerprint density at radius 1 is 1.21 bits per heavy atom. The monoisotopic (exact) mass is 391 g/mol. The molecule has 0 radical (unpaired) electrons. The Labute approximate surface area is 160 Å². The number of hydrogen-bond donors (Lipinski definition) is 0. The minimum Gasteiger partial charge on any atom is -0.341 e. The van der Waals surface area contributed by atoms with Crippen LogP contribution in [0.4, 0.5) is 13.2 Å². The predicted octanol–water partition coefficient (Wildman–Crippen LogP) is 3.11. The highest BCUT2D eigenvalue weighted by atomic mass is 19.4. The number of rotatable bonds is 5. The van der Waals surface area contributed by atoms with Gasteiger partial charge in [0.25, 0.3) is 0 Å². The van der Waals surface area contributed by atoms with Crippen LogP contribution in [0, 0.1) is 5.92 Å². The van der Waals surface area contributed by atoms with Gasteiger partial charge in [0.1, 0.15) is 0 Å². The van der Waals surface area contributed by atoms with Crippen molar-refractivity contribution >= 4 is 11.8 Å². The van der Waals surface area contributed by atoms with Crippen LogP contribution in [-0.2, 0) is 28.9 Å². The van der Waals surface area contributed by atoms with E-state index in [0.717, 1.165) is 17.7 Å². The Balaban J connectivity index is 1.62. The molecule has 148 valence electrons. The standard InChI is InChI=1S/C20H20F3N3O2/c1-25(11-14-5-7-24-8-6-14)19(28)16-10-18(27)26(13-16)12-15-3-2-4-17(9-15)20(21,22)23/h2-9,16H,10-13H2,1H3. The molecule has 1 saturated heterocycles. The van der Waals surface area contributed by atoms with Gasteiger partial charge in [-0.2, -0.15) is 13.2 Å². The topological polar surface area (TPSA) is 53.5 Å². The first-order valence-electron chi connectivity index (χ1n) is 8.82. The minimum absolute atomic E-state index is 0.0562. The Morgan fingerprint density at radius 2 is 1.93 bits per heavy atom. The maximum Gasteiger partial charge on any atom is 0.416 e. The highest BCUT2D eigenvalue weighted by molar-refractivity contribution is 5.89. The summed E-state index contributed by atoms with van der Waals surface area (Å²) in [7, 11) is 1.67. The van der Waals surface area contributed by atoms with Crippen LogP contribution in [0.1, 0.15) is 23.1 Å². The first-order valence-corrected chi connectivity index (χ1v) is 8.82. The largest absolute Gasteiger partial charge is 0.416 e. The molecule has 1 aromatic heterocycles. The average Bonchev–Trinajstić information content (AvgIpc) is 3.02. The molecule has 1 atom stereocenters. The number of carbonyl (C=O) groups is 2. The van der Waals surface area contributed by atoms with Crippen molar-refractivity contribution in [3.8, 4) is 0 Å². The second-order valence-electron chi connectivity index (χ2n) is 6.92. The van der Waals surface area contributed by atoms with Crippen LogP contribution in [0.2, 0.25) is 0 Å². The van der Waals surface area contributed by atoms with Crippen molar-refractivity contribution in [3.63, 3.8) is 0 Å². The maximum atomic E-state index is 12.9. The van der Waals surface area contributed by atoms with Gasteiger partial charge in [-0.15, -0.1) is 0 Å². The molecule has 1 aliphatic heterocycles. The molecule has 1 aromatic carbocycles. The smallest absolute Gasteiger partial charge is 0.341 e. The molecular weight excluding hydrogens is 371 g/mol. The fourth-order valence-corrected chi connectivity index (χ4v) is 3.31. The zero-order valence-electron chi connectivity index (χ0n) is 15.3. The molecule has 0 bridgehead atoms. The van der Waals surface area contributed by atoms with Gasteiger partial charge in [0.2, 0.25) is 11.8 Å². The quantitative estimate of drug-likeness (QED) is 0.787. The highest BCUT2D eigenvalue weighted by Gasteiger charge is 2.36. The van der Waals surface area contributed by atoms with Gasteiger partial charge in [-0.1, -0.05) is 12.1 Å². The molecule has 5 nitrogen and oxygen atoms in total. The van der Waals surface area contributed by atoms with E-state index in [2.05, 4.69) is 4.98 Å². The molecule has 0 spiro atoms. The van der Waals surface area contributed by atoms with Crippen LogP contribution in [0.3, 0.4) is 0 Å². The van der Waals surface area contributed by atoms with Crippen LogP contribution in [-0.4, -0.2) is 40.2 Å². The number of benzene rings is 1. The average molecular weight is 391 g/mol. The number of hydrogen-bond acceptors (Lipinski definition) is 3. The summed E-state index contributed by atoms with van der Waals surface area (Å²) in [4.78, 5) is 31.9. The molecule has 2 heterocycles. The van der Waals surface area contributed by atoms with Gasteiger partial charge >= 0.3 is 6.18 Å². The van der Waals surface area contributed by atoms with E-state index in [9.17, 15) is 22.8 Å². The van der Waals surface area contributed by atoms with E-state index in [-0.39, 0.29) is 31.3 Å². The molecule has 0 saturated carbocycles. The van der Waals surface area contributed by atoms with Gasteiger partial charge in [-0.05, 0) is 35.4 Å². The van der Waals surface area contributed by atoms with E-state index in [0.29, 0.717) is 12.1 Å². The lowest BCUT2D eigenvalue weighted by molar-refractivity contribution is -0.137. The summed E-state index contributed by atoms with van der Waals surface area (Å²) in [6.07, 6.45) is -1.08. The van der Waals surface area contributed by atoms with Crippen molar-refractivity contribution in [3.05, 3.63) is 65.5 Å². The first kappa shape index (κ1) is 19.9. The van der Waals surface area contributed by atoms with Gasteiger partial charge < -0.3 is 9.80 Å². The number of likely N-dealkylation sites (tertiary alicyclic amines) is 1. The summed E-state index contributed by atoms with van der Waals surface area (Å²) in [5.41, 5.74) is 0.568. The molecule has 1 aliphatic rings. The van der Waals surface area contributed by atoms with E-state index in [1.165, 1.54) is 11.0 Å². The van der Waals surface area contributed by atoms with Crippen molar-refractivity contribution in [1.29, 1.82) is 0 Å². The van der Waals surface area contributed by atoms with Crippen LogP contribution >= 0.6 is 0 Å². The van der Waals surface area contributed by atoms with Gasteiger partial charge in [0.15, 0.2) is 0 Å². The number of carbonyl (C=O) groups excluding carboxylic acids is 2. The van der Waals surface area contributed by atoms with Crippen LogP contribution in [0.5, 0.6) is 0 Å². The van der Waals surface area contributed by atoms with E-state index < -0.39 is 17.7 Å². The van der Waals surface area contributed by atoms with Crippen molar-refractivity contribution in [1.82, 2.24) is 14.8 Å². The molecule has 8 heteroatoms. The molecule has 2 aromatic rings. The summed E-state index contributed by atoms with van der Waals surface area (Å²) in [6, 6.07) is 8.53. The molecule has 0 N–H and O–H groups in total. The number of halogens is 3. The third-order valence-corrected chi connectivity index (χ3v) is 4.74. The highest BCUT2D eigenvalue weighted by Crippen LogP contribution is 2.30. The second kappa shape index (κ2) is 8.00. The second-order valence-corrected chi connectivity index (χ2v) is 6.92. The van der Waals surface area contributed by atoms with E-state index in [1.807, 2.05) is 12.1 Å². The van der Waals surface area contributed by atoms with E-state index >= 15 is 0 Å². The molecule has 1 fully saturated rings. The summed E-state index contributed by atoms with van der Waals surface area (Å²) in [5.74, 6) is -0.880. The lowest BCUT2D eigenvalue weighted by atomic mass is 10.1. The van der Waals surface area contributed by atoms with Crippen LogP contribution in [0.15, 0.2) is 48.8 Å². The fraction of sp³-hybridized carbons (Fsp3) is 0.350. The number of aromatic nitrogens is 1. The van der Waals surface area contributed by atoms with Crippen molar-refractivity contribution < 1.29 is 22.8 Å². The SMILES string of the molecule is CN(Cc1ccncc1)C(=O)C1CC(=O)N(Cc2cccc(C(F)(F)F)c2)C1. The van der Waals surface area contributed by atoms with Gasteiger partial charge in [-0.25, -0.2) is 0 Å². The molecule has 3 rings (SSSR count). The predicted molar refractivity (Wildman–Crippen MR) is 95.7 cm³/mol. The number of pyridine rings is 1. The Hall–Kier alpha value is -2.90. The summed E-state index contributed by atoms with van der Waals surface area (Å²) < 4.78 is 38.6. The zero-order valence-corrected chi connectivity index (χ0v) is 15.3.